The third-order valence-corrected chi connectivity index (χ3v) is 2.79. The van der Waals surface area contributed by atoms with Crippen molar-refractivity contribution in [1.29, 1.82) is 0 Å². The number of rotatable bonds is 6. The van der Waals surface area contributed by atoms with E-state index in [0.29, 0.717) is 11.5 Å². The maximum absolute atomic E-state index is 11.7. The molecule has 92 valence electrons. The van der Waals surface area contributed by atoms with E-state index < -0.39 is 0 Å². The summed E-state index contributed by atoms with van der Waals surface area (Å²) in [6.07, 6.45) is 3.70. The van der Waals surface area contributed by atoms with Gasteiger partial charge in [0.15, 0.2) is 5.69 Å². The number of nitrogens with one attached hydrogen (secondary N) is 2. The van der Waals surface area contributed by atoms with Crippen LogP contribution in [-0.2, 0) is 0 Å². The smallest absolute Gasteiger partial charge is 0.271 e. The summed E-state index contributed by atoms with van der Waals surface area (Å²) in [4.78, 5) is 11.7. The Morgan fingerprint density at radius 3 is 2.82 bits per heavy atom. The lowest BCUT2D eigenvalue weighted by molar-refractivity contribution is 0.0946. The second kappa shape index (κ2) is 5.61. The summed E-state index contributed by atoms with van der Waals surface area (Å²) in [6, 6.07) is 3.46. The molecule has 0 radical (unpaired) electrons. The Labute approximate surface area is 101 Å². The van der Waals surface area contributed by atoms with Crippen molar-refractivity contribution in [3.05, 3.63) is 17.8 Å². The van der Waals surface area contributed by atoms with E-state index in [4.69, 9.17) is 0 Å². The number of amides is 1. The molecule has 5 heteroatoms. The first-order valence-corrected chi connectivity index (χ1v) is 6.15. The van der Waals surface area contributed by atoms with E-state index in [-0.39, 0.29) is 5.91 Å². The lowest BCUT2D eigenvalue weighted by atomic mass is 10.3. The minimum absolute atomic E-state index is 0.138. The molecular weight excluding hydrogens is 216 g/mol. The van der Waals surface area contributed by atoms with Crippen molar-refractivity contribution in [2.75, 3.05) is 18.4 Å². The first-order valence-electron chi connectivity index (χ1n) is 6.15. The average Bonchev–Trinajstić information content (AvgIpc) is 3.14. The number of aromatic nitrogens is 2. The third kappa shape index (κ3) is 3.69. The highest BCUT2D eigenvalue weighted by molar-refractivity contribution is 5.92. The Balaban J connectivity index is 1.80. The molecule has 0 bridgehead atoms. The maximum Gasteiger partial charge on any atom is 0.271 e. The Hall–Kier alpha value is -1.65. The predicted molar refractivity (Wildman–Crippen MR) is 65.9 cm³/mol. The fraction of sp³-hybridized carbons (Fsp3) is 0.583. The van der Waals surface area contributed by atoms with Gasteiger partial charge in [-0.05, 0) is 31.4 Å². The van der Waals surface area contributed by atoms with E-state index in [9.17, 15) is 4.79 Å². The Morgan fingerprint density at radius 2 is 2.24 bits per heavy atom. The minimum atomic E-state index is -0.138. The molecule has 5 nitrogen and oxygen atoms in total. The standard InChI is InChI=1S/C12H18N4O/c1-2-13-11-6-5-10(15-16-11)12(17)14-8-7-9-3-4-9/h5-6,9H,2-4,7-8H2,1H3,(H,13,16)(H,14,17). The molecule has 1 aromatic rings. The van der Waals surface area contributed by atoms with Crippen LogP contribution in [0.5, 0.6) is 0 Å². The summed E-state index contributed by atoms with van der Waals surface area (Å²) in [6.45, 7) is 3.52. The van der Waals surface area contributed by atoms with Gasteiger partial charge in [-0.3, -0.25) is 4.79 Å². The van der Waals surface area contributed by atoms with Crippen molar-refractivity contribution in [3.8, 4) is 0 Å². The van der Waals surface area contributed by atoms with Gasteiger partial charge < -0.3 is 10.6 Å². The lowest BCUT2D eigenvalue weighted by Crippen LogP contribution is -2.26. The van der Waals surface area contributed by atoms with Crippen LogP contribution >= 0.6 is 0 Å². The molecule has 0 saturated heterocycles. The van der Waals surface area contributed by atoms with Gasteiger partial charge >= 0.3 is 0 Å². The fourth-order valence-electron chi connectivity index (χ4n) is 1.62. The molecule has 2 N–H and O–H groups in total. The van der Waals surface area contributed by atoms with Gasteiger partial charge in [-0.25, -0.2) is 0 Å². The van der Waals surface area contributed by atoms with E-state index in [1.807, 2.05) is 6.92 Å². The van der Waals surface area contributed by atoms with Gasteiger partial charge in [-0.15, -0.1) is 10.2 Å². The van der Waals surface area contributed by atoms with E-state index in [1.54, 1.807) is 12.1 Å². The number of carbonyl (C=O) groups excluding carboxylic acids is 1. The highest BCUT2D eigenvalue weighted by Gasteiger charge is 2.20. The number of carbonyl (C=O) groups is 1. The molecule has 1 heterocycles. The molecular formula is C12H18N4O. The van der Waals surface area contributed by atoms with Crippen molar-refractivity contribution in [2.45, 2.75) is 26.2 Å². The summed E-state index contributed by atoms with van der Waals surface area (Å²) in [5, 5.41) is 13.7. The fourth-order valence-corrected chi connectivity index (χ4v) is 1.62. The number of hydrogen-bond acceptors (Lipinski definition) is 4. The normalized spacial score (nSPS) is 14.4. The van der Waals surface area contributed by atoms with Crippen LogP contribution in [0.1, 0.15) is 36.7 Å². The third-order valence-electron chi connectivity index (χ3n) is 2.79. The van der Waals surface area contributed by atoms with Crippen LogP contribution in [0, 0.1) is 5.92 Å². The number of anilines is 1. The maximum atomic E-state index is 11.7. The highest BCUT2D eigenvalue weighted by Crippen LogP contribution is 2.31. The van der Waals surface area contributed by atoms with Gasteiger partial charge in [0.2, 0.25) is 0 Å². The molecule has 1 aliphatic carbocycles. The van der Waals surface area contributed by atoms with Crippen LogP contribution in [0.2, 0.25) is 0 Å². The molecule has 0 aromatic carbocycles. The van der Waals surface area contributed by atoms with Gasteiger partial charge in [0.05, 0.1) is 0 Å². The van der Waals surface area contributed by atoms with Crippen molar-refractivity contribution in [2.24, 2.45) is 5.92 Å². The van der Waals surface area contributed by atoms with Crippen molar-refractivity contribution < 1.29 is 4.79 Å². The van der Waals surface area contributed by atoms with Gasteiger partial charge in [-0.1, -0.05) is 12.8 Å². The molecule has 0 atom stereocenters. The SMILES string of the molecule is CCNc1ccc(C(=O)NCCC2CC2)nn1. The zero-order valence-electron chi connectivity index (χ0n) is 10.1. The number of hydrogen-bond donors (Lipinski definition) is 2. The average molecular weight is 234 g/mol. The lowest BCUT2D eigenvalue weighted by Gasteiger charge is -2.04. The second-order valence-corrected chi connectivity index (χ2v) is 4.32. The van der Waals surface area contributed by atoms with Crippen molar-refractivity contribution >= 4 is 11.7 Å². The molecule has 0 aliphatic heterocycles. The molecule has 1 aliphatic rings. The van der Waals surface area contributed by atoms with E-state index in [0.717, 1.165) is 25.4 Å². The zero-order valence-corrected chi connectivity index (χ0v) is 10.1. The zero-order chi connectivity index (χ0) is 12.1. The summed E-state index contributed by atoms with van der Waals surface area (Å²) >= 11 is 0. The number of nitrogens with zero attached hydrogens (tertiary/aromatic N) is 2. The second-order valence-electron chi connectivity index (χ2n) is 4.32. The quantitative estimate of drug-likeness (QED) is 0.781. The minimum Gasteiger partial charge on any atom is -0.369 e. The van der Waals surface area contributed by atoms with Crippen molar-refractivity contribution in [1.82, 2.24) is 15.5 Å². The van der Waals surface area contributed by atoms with Crippen LogP contribution in [0.15, 0.2) is 12.1 Å². The van der Waals surface area contributed by atoms with Gasteiger partial charge in [0.25, 0.3) is 5.91 Å². The molecule has 1 fully saturated rings. The molecule has 1 saturated carbocycles. The van der Waals surface area contributed by atoms with Crippen LogP contribution in [0.3, 0.4) is 0 Å². The first kappa shape index (κ1) is 11.8. The Kier molecular flexibility index (Phi) is 3.90. The molecule has 1 aromatic heterocycles. The van der Waals surface area contributed by atoms with Gasteiger partial charge in [0, 0.05) is 13.1 Å². The molecule has 1 amide bonds. The molecule has 0 unspecified atom stereocenters. The topological polar surface area (TPSA) is 66.9 Å². The first-order chi connectivity index (χ1) is 8.29. The largest absolute Gasteiger partial charge is 0.369 e. The summed E-state index contributed by atoms with van der Waals surface area (Å²) < 4.78 is 0. The molecule has 2 rings (SSSR count). The molecule has 17 heavy (non-hydrogen) atoms. The van der Waals surface area contributed by atoms with Gasteiger partial charge in [0.1, 0.15) is 5.82 Å². The van der Waals surface area contributed by atoms with Crippen LogP contribution in [-0.4, -0.2) is 29.2 Å². The Morgan fingerprint density at radius 1 is 1.41 bits per heavy atom. The van der Waals surface area contributed by atoms with Gasteiger partial charge in [-0.2, -0.15) is 0 Å². The summed E-state index contributed by atoms with van der Waals surface area (Å²) in [7, 11) is 0. The highest BCUT2D eigenvalue weighted by atomic mass is 16.1. The predicted octanol–water partition coefficient (Wildman–Crippen LogP) is 1.44. The Bertz CT molecular complexity index is 373. The van der Waals surface area contributed by atoms with Crippen molar-refractivity contribution in [3.63, 3.8) is 0 Å². The molecule has 0 spiro atoms. The summed E-state index contributed by atoms with van der Waals surface area (Å²) in [5.74, 6) is 1.39. The van der Waals surface area contributed by atoms with E-state index in [2.05, 4.69) is 20.8 Å². The monoisotopic (exact) mass is 234 g/mol. The van der Waals surface area contributed by atoms with E-state index >= 15 is 0 Å². The van der Waals surface area contributed by atoms with Crippen LogP contribution < -0.4 is 10.6 Å². The van der Waals surface area contributed by atoms with Crippen LogP contribution in [0.25, 0.3) is 0 Å². The van der Waals surface area contributed by atoms with Crippen LogP contribution in [0.4, 0.5) is 5.82 Å². The summed E-state index contributed by atoms with van der Waals surface area (Å²) in [5.41, 5.74) is 0.377. The van der Waals surface area contributed by atoms with E-state index in [1.165, 1.54) is 12.8 Å².